The summed E-state index contributed by atoms with van der Waals surface area (Å²) in [6.07, 6.45) is -3.37. The number of hydrogen-bond acceptors (Lipinski definition) is 4. The third-order valence-electron chi connectivity index (χ3n) is 2.44. The third-order valence-corrected chi connectivity index (χ3v) is 2.44. The SMILES string of the molecule is O=C(Cn1nnc(C(=O)O)c1C(F)(F)F)NC1CC1. The maximum absolute atomic E-state index is 12.7. The van der Waals surface area contributed by atoms with Gasteiger partial charge in [0.15, 0.2) is 5.69 Å². The van der Waals surface area contributed by atoms with E-state index in [9.17, 15) is 22.8 Å². The molecule has 0 atom stereocenters. The van der Waals surface area contributed by atoms with E-state index in [1.165, 1.54) is 0 Å². The van der Waals surface area contributed by atoms with Gasteiger partial charge in [-0.25, -0.2) is 9.48 Å². The molecule has 0 radical (unpaired) electrons. The zero-order valence-electron chi connectivity index (χ0n) is 9.44. The van der Waals surface area contributed by atoms with E-state index in [4.69, 9.17) is 5.11 Å². The Morgan fingerprint density at radius 2 is 2.05 bits per heavy atom. The molecule has 1 aromatic heterocycles. The van der Waals surface area contributed by atoms with E-state index in [2.05, 4.69) is 15.6 Å². The quantitative estimate of drug-likeness (QED) is 0.824. The predicted molar refractivity (Wildman–Crippen MR) is 53.1 cm³/mol. The molecule has 1 fully saturated rings. The first-order valence-corrected chi connectivity index (χ1v) is 5.32. The number of carboxylic acid groups (broad SMARTS) is 1. The van der Waals surface area contributed by atoms with Gasteiger partial charge in [0, 0.05) is 6.04 Å². The molecule has 0 saturated heterocycles. The highest BCUT2D eigenvalue weighted by molar-refractivity contribution is 5.87. The van der Waals surface area contributed by atoms with Crippen molar-refractivity contribution in [3.8, 4) is 0 Å². The highest BCUT2D eigenvalue weighted by atomic mass is 19.4. The molecule has 1 heterocycles. The van der Waals surface area contributed by atoms with Crippen LogP contribution in [0.2, 0.25) is 0 Å². The average molecular weight is 278 g/mol. The Bertz CT molecular complexity index is 521. The van der Waals surface area contributed by atoms with Crippen LogP contribution in [0, 0.1) is 0 Å². The van der Waals surface area contributed by atoms with Gasteiger partial charge >= 0.3 is 12.1 Å². The molecule has 1 aliphatic rings. The number of halogens is 3. The normalized spacial score (nSPS) is 15.3. The lowest BCUT2D eigenvalue weighted by atomic mass is 10.3. The van der Waals surface area contributed by atoms with Crippen LogP contribution < -0.4 is 5.32 Å². The molecule has 0 aliphatic heterocycles. The molecule has 2 rings (SSSR count). The van der Waals surface area contributed by atoms with Gasteiger partial charge in [0.2, 0.25) is 11.6 Å². The largest absolute Gasteiger partial charge is 0.476 e. The van der Waals surface area contributed by atoms with Crippen LogP contribution in [0.25, 0.3) is 0 Å². The molecule has 0 spiro atoms. The van der Waals surface area contributed by atoms with E-state index in [-0.39, 0.29) is 10.7 Å². The number of carboxylic acids is 1. The smallest absolute Gasteiger partial charge is 0.435 e. The fraction of sp³-hybridized carbons (Fsp3) is 0.556. The van der Waals surface area contributed by atoms with Crippen molar-refractivity contribution in [2.45, 2.75) is 31.6 Å². The van der Waals surface area contributed by atoms with Gasteiger partial charge in [0.25, 0.3) is 0 Å². The van der Waals surface area contributed by atoms with Crippen LogP contribution >= 0.6 is 0 Å². The molecule has 19 heavy (non-hydrogen) atoms. The first-order valence-electron chi connectivity index (χ1n) is 5.32. The monoisotopic (exact) mass is 278 g/mol. The molecule has 1 amide bonds. The van der Waals surface area contributed by atoms with Crippen molar-refractivity contribution in [2.75, 3.05) is 0 Å². The van der Waals surface area contributed by atoms with Crippen molar-refractivity contribution in [2.24, 2.45) is 0 Å². The molecule has 0 unspecified atom stereocenters. The van der Waals surface area contributed by atoms with E-state index in [1.807, 2.05) is 0 Å². The van der Waals surface area contributed by atoms with Gasteiger partial charge < -0.3 is 10.4 Å². The first kappa shape index (κ1) is 13.3. The van der Waals surface area contributed by atoms with Gasteiger partial charge in [0.1, 0.15) is 6.54 Å². The topological polar surface area (TPSA) is 97.1 Å². The summed E-state index contributed by atoms with van der Waals surface area (Å²) < 4.78 is 38.4. The summed E-state index contributed by atoms with van der Waals surface area (Å²) in [6.45, 7) is -0.717. The van der Waals surface area contributed by atoms with Crippen molar-refractivity contribution in [3.05, 3.63) is 11.4 Å². The second-order valence-electron chi connectivity index (χ2n) is 4.09. The highest BCUT2D eigenvalue weighted by Gasteiger charge is 2.42. The van der Waals surface area contributed by atoms with Crippen LogP contribution in [0.1, 0.15) is 29.0 Å². The molecule has 1 aliphatic carbocycles. The van der Waals surface area contributed by atoms with Crippen LogP contribution in [0.3, 0.4) is 0 Å². The average Bonchev–Trinajstić information content (AvgIpc) is 2.93. The maximum atomic E-state index is 12.7. The van der Waals surface area contributed by atoms with E-state index in [0.717, 1.165) is 12.8 Å². The lowest BCUT2D eigenvalue weighted by Gasteiger charge is -2.09. The van der Waals surface area contributed by atoms with Crippen molar-refractivity contribution in [1.82, 2.24) is 20.3 Å². The van der Waals surface area contributed by atoms with Crippen molar-refractivity contribution < 1.29 is 27.9 Å². The van der Waals surface area contributed by atoms with Gasteiger partial charge in [-0.05, 0) is 12.8 Å². The molecule has 0 bridgehead atoms. The van der Waals surface area contributed by atoms with Crippen LogP contribution in [0.5, 0.6) is 0 Å². The van der Waals surface area contributed by atoms with Crippen molar-refractivity contribution >= 4 is 11.9 Å². The summed E-state index contributed by atoms with van der Waals surface area (Å²) in [4.78, 5) is 22.0. The second kappa shape index (κ2) is 4.52. The fourth-order valence-electron chi connectivity index (χ4n) is 1.49. The van der Waals surface area contributed by atoms with Gasteiger partial charge in [-0.2, -0.15) is 13.2 Å². The Labute approximate surface area is 104 Å². The maximum Gasteiger partial charge on any atom is 0.435 e. The highest BCUT2D eigenvalue weighted by Crippen LogP contribution is 2.31. The number of nitrogens with zero attached hydrogens (tertiary/aromatic N) is 3. The summed E-state index contributed by atoms with van der Waals surface area (Å²) in [5.41, 5.74) is -2.75. The van der Waals surface area contributed by atoms with Gasteiger partial charge in [-0.3, -0.25) is 4.79 Å². The molecule has 104 valence electrons. The minimum atomic E-state index is -4.95. The number of nitrogens with one attached hydrogen (secondary N) is 1. The molecular formula is C9H9F3N4O3. The summed E-state index contributed by atoms with van der Waals surface area (Å²) in [5, 5.41) is 17.1. The van der Waals surface area contributed by atoms with E-state index in [0.29, 0.717) is 0 Å². The van der Waals surface area contributed by atoms with Crippen LogP contribution in [0.4, 0.5) is 13.2 Å². The van der Waals surface area contributed by atoms with Crippen molar-refractivity contribution in [3.63, 3.8) is 0 Å². The molecule has 1 saturated carbocycles. The lowest BCUT2D eigenvalue weighted by molar-refractivity contribution is -0.145. The molecule has 0 aromatic carbocycles. The number of aromatic carboxylic acids is 1. The summed E-state index contributed by atoms with van der Waals surface area (Å²) in [5.74, 6) is -2.50. The number of aromatic nitrogens is 3. The number of carbonyl (C=O) groups excluding carboxylic acids is 1. The Balaban J connectivity index is 2.24. The molecular weight excluding hydrogens is 269 g/mol. The number of carbonyl (C=O) groups is 2. The van der Waals surface area contributed by atoms with Crippen LogP contribution in [-0.4, -0.2) is 38.0 Å². The first-order chi connectivity index (χ1) is 8.79. The molecule has 10 heteroatoms. The van der Waals surface area contributed by atoms with E-state index >= 15 is 0 Å². The standard InChI is InChI=1S/C9H9F3N4O3/c10-9(11,12)7-6(8(18)19)14-15-16(7)3-5(17)13-4-1-2-4/h4H,1-3H2,(H,13,17)(H,18,19). The third kappa shape index (κ3) is 3.01. The fourth-order valence-corrected chi connectivity index (χ4v) is 1.49. The predicted octanol–water partition coefficient (Wildman–Crippen LogP) is 0.274. The number of rotatable bonds is 4. The zero-order chi connectivity index (χ0) is 14.2. The van der Waals surface area contributed by atoms with Crippen LogP contribution in [0.15, 0.2) is 0 Å². The van der Waals surface area contributed by atoms with Crippen LogP contribution in [-0.2, 0) is 17.5 Å². The summed E-state index contributed by atoms with van der Waals surface area (Å²) in [6, 6.07) is -0.00991. The van der Waals surface area contributed by atoms with Gasteiger partial charge in [-0.15, -0.1) is 5.10 Å². The number of amides is 1. The summed E-state index contributed by atoms with van der Waals surface area (Å²) in [7, 11) is 0. The second-order valence-corrected chi connectivity index (χ2v) is 4.09. The molecule has 7 nitrogen and oxygen atoms in total. The number of hydrogen-bond donors (Lipinski definition) is 2. The molecule has 2 N–H and O–H groups in total. The minimum Gasteiger partial charge on any atom is -0.476 e. The Kier molecular flexibility index (Phi) is 3.16. The van der Waals surface area contributed by atoms with Gasteiger partial charge in [-0.1, -0.05) is 5.21 Å². The Morgan fingerprint density at radius 1 is 1.42 bits per heavy atom. The Hall–Kier alpha value is -2.13. The Morgan fingerprint density at radius 3 is 2.53 bits per heavy atom. The van der Waals surface area contributed by atoms with Gasteiger partial charge in [0.05, 0.1) is 0 Å². The minimum absolute atomic E-state index is 0.00991. The summed E-state index contributed by atoms with van der Waals surface area (Å²) >= 11 is 0. The number of alkyl halides is 3. The van der Waals surface area contributed by atoms with E-state index < -0.39 is 36.0 Å². The lowest BCUT2D eigenvalue weighted by Crippen LogP contribution is -2.31. The molecule has 1 aromatic rings. The van der Waals surface area contributed by atoms with Crippen molar-refractivity contribution in [1.29, 1.82) is 0 Å². The zero-order valence-corrected chi connectivity index (χ0v) is 9.44. The van der Waals surface area contributed by atoms with E-state index in [1.54, 1.807) is 0 Å².